The number of nitrogens with zero attached hydrogens (tertiary/aromatic N) is 2. The molecule has 4 nitrogen and oxygen atoms in total. The minimum atomic E-state index is -0.0633. The normalized spacial score (nSPS) is 18.2. The molecule has 1 atom stereocenters. The van der Waals surface area contributed by atoms with Gasteiger partial charge in [-0.25, -0.2) is 0 Å². The van der Waals surface area contributed by atoms with Crippen molar-refractivity contribution < 1.29 is 9.32 Å². The fraction of sp³-hybridized carbons (Fsp3) is 0.412. The molecule has 1 aromatic heterocycles. The smallest absolute Gasteiger partial charge is 0.276 e. The molecule has 0 aliphatic carbocycles. The molecule has 0 spiro atoms. The quantitative estimate of drug-likeness (QED) is 0.775. The number of hydrogen-bond donors (Lipinski definition) is 0. The summed E-state index contributed by atoms with van der Waals surface area (Å²) in [6.07, 6.45) is 4.23. The van der Waals surface area contributed by atoms with E-state index in [9.17, 15) is 4.79 Å². The Kier molecular flexibility index (Phi) is 4.93. The Hall–Kier alpha value is -1.52. The Labute approximate surface area is 145 Å². The van der Waals surface area contributed by atoms with Crippen molar-refractivity contribution in [3.05, 3.63) is 40.0 Å². The number of hydrogen-bond acceptors (Lipinski definition) is 3. The Bertz CT molecular complexity index is 714. The van der Waals surface area contributed by atoms with Gasteiger partial charge < -0.3 is 9.42 Å². The van der Waals surface area contributed by atoms with E-state index < -0.39 is 0 Å². The van der Waals surface area contributed by atoms with Crippen molar-refractivity contribution in [2.75, 3.05) is 6.54 Å². The number of piperidine rings is 1. The molecular formula is C17H18Cl2N2O2. The van der Waals surface area contributed by atoms with Crippen LogP contribution in [0.15, 0.2) is 28.8 Å². The number of likely N-dealkylation sites (tertiary alicyclic amines) is 1. The molecule has 3 rings (SSSR count). The Morgan fingerprint density at radius 3 is 2.87 bits per heavy atom. The molecule has 1 saturated heterocycles. The lowest BCUT2D eigenvalue weighted by molar-refractivity contribution is 0.0597. The molecule has 6 heteroatoms. The van der Waals surface area contributed by atoms with Crippen LogP contribution in [0, 0.1) is 0 Å². The first-order valence-electron chi connectivity index (χ1n) is 7.83. The van der Waals surface area contributed by atoms with Gasteiger partial charge in [0, 0.05) is 24.2 Å². The Morgan fingerprint density at radius 1 is 1.30 bits per heavy atom. The highest BCUT2D eigenvalue weighted by molar-refractivity contribution is 6.42. The van der Waals surface area contributed by atoms with E-state index in [0.717, 1.165) is 31.4 Å². The summed E-state index contributed by atoms with van der Waals surface area (Å²) < 4.78 is 5.33. The minimum Gasteiger partial charge on any atom is -0.355 e. The fourth-order valence-corrected chi connectivity index (χ4v) is 3.30. The summed E-state index contributed by atoms with van der Waals surface area (Å²) in [4.78, 5) is 14.6. The monoisotopic (exact) mass is 352 g/mol. The summed E-state index contributed by atoms with van der Waals surface area (Å²) >= 11 is 11.9. The highest BCUT2D eigenvalue weighted by atomic mass is 35.5. The third-order valence-corrected chi connectivity index (χ3v) is 5.03. The molecule has 1 aliphatic rings. The maximum atomic E-state index is 12.7. The predicted octanol–water partition coefficient (Wildman–Crippen LogP) is 5.05. The minimum absolute atomic E-state index is 0.0633. The molecule has 0 bridgehead atoms. The predicted molar refractivity (Wildman–Crippen MR) is 90.9 cm³/mol. The largest absolute Gasteiger partial charge is 0.355 e. The number of carbonyl (C=O) groups is 1. The van der Waals surface area contributed by atoms with E-state index in [-0.39, 0.29) is 5.91 Å². The van der Waals surface area contributed by atoms with Gasteiger partial charge in [0.15, 0.2) is 11.5 Å². The summed E-state index contributed by atoms with van der Waals surface area (Å²) in [6.45, 7) is 2.90. The van der Waals surface area contributed by atoms with Crippen LogP contribution >= 0.6 is 23.2 Å². The maximum Gasteiger partial charge on any atom is 0.276 e. The van der Waals surface area contributed by atoms with Gasteiger partial charge in [-0.1, -0.05) is 35.3 Å². The topological polar surface area (TPSA) is 46.3 Å². The molecule has 0 N–H and O–H groups in total. The zero-order valence-electron chi connectivity index (χ0n) is 12.9. The van der Waals surface area contributed by atoms with Gasteiger partial charge in [0.2, 0.25) is 0 Å². The van der Waals surface area contributed by atoms with E-state index >= 15 is 0 Å². The van der Waals surface area contributed by atoms with Crippen LogP contribution in [0.4, 0.5) is 0 Å². The lowest BCUT2D eigenvalue weighted by Crippen LogP contribution is -2.43. The van der Waals surface area contributed by atoms with Crippen LogP contribution < -0.4 is 0 Å². The van der Waals surface area contributed by atoms with Crippen LogP contribution in [0.2, 0.25) is 10.0 Å². The van der Waals surface area contributed by atoms with Gasteiger partial charge in [-0.15, -0.1) is 0 Å². The van der Waals surface area contributed by atoms with E-state index in [1.165, 1.54) is 6.42 Å². The summed E-state index contributed by atoms with van der Waals surface area (Å²) in [7, 11) is 0. The van der Waals surface area contributed by atoms with Crippen molar-refractivity contribution in [2.24, 2.45) is 0 Å². The molecular weight excluding hydrogens is 335 g/mol. The SMILES string of the molecule is CC[C@@H]1CCCCN1C(=O)c1cc(-c2ccc(Cl)c(Cl)c2)on1. The fourth-order valence-electron chi connectivity index (χ4n) is 3.00. The lowest BCUT2D eigenvalue weighted by atomic mass is 9.99. The molecule has 0 radical (unpaired) electrons. The molecule has 0 unspecified atom stereocenters. The van der Waals surface area contributed by atoms with Gasteiger partial charge in [-0.05, 0) is 43.9 Å². The summed E-state index contributed by atoms with van der Waals surface area (Å²) in [5.41, 5.74) is 1.09. The van der Waals surface area contributed by atoms with Crippen molar-refractivity contribution in [3.63, 3.8) is 0 Å². The third kappa shape index (κ3) is 3.38. The van der Waals surface area contributed by atoms with Crippen LogP contribution in [0.5, 0.6) is 0 Å². The van der Waals surface area contributed by atoms with Gasteiger partial charge in [0.1, 0.15) is 0 Å². The van der Waals surface area contributed by atoms with E-state index in [2.05, 4.69) is 12.1 Å². The number of aromatic nitrogens is 1. The zero-order chi connectivity index (χ0) is 16.4. The molecule has 1 aromatic carbocycles. The van der Waals surface area contributed by atoms with Gasteiger partial charge in [-0.3, -0.25) is 4.79 Å². The zero-order valence-corrected chi connectivity index (χ0v) is 14.4. The van der Waals surface area contributed by atoms with Crippen molar-refractivity contribution in [3.8, 4) is 11.3 Å². The van der Waals surface area contributed by atoms with Crippen molar-refractivity contribution >= 4 is 29.1 Å². The number of amides is 1. The first kappa shape index (κ1) is 16.3. The second-order valence-electron chi connectivity index (χ2n) is 5.76. The summed E-state index contributed by atoms with van der Waals surface area (Å²) in [6, 6.07) is 7.15. The number of rotatable bonds is 3. The van der Waals surface area contributed by atoms with Gasteiger partial charge in [-0.2, -0.15) is 0 Å². The third-order valence-electron chi connectivity index (χ3n) is 4.29. The van der Waals surface area contributed by atoms with Crippen LogP contribution in [0.3, 0.4) is 0 Å². The molecule has 0 saturated carbocycles. The van der Waals surface area contributed by atoms with Crippen LogP contribution in [0.1, 0.15) is 43.1 Å². The van der Waals surface area contributed by atoms with Gasteiger partial charge in [0.25, 0.3) is 5.91 Å². The highest BCUT2D eigenvalue weighted by Crippen LogP contribution is 2.29. The molecule has 23 heavy (non-hydrogen) atoms. The molecule has 1 aliphatic heterocycles. The van der Waals surface area contributed by atoms with E-state index in [0.29, 0.717) is 27.5 Å². The van der Waals surface area contributed by atoms with Crippen molar-refractivity contribution in [2.45, 2.75) is 38.6 Å². The molecule has 1 amide bonds. The molecule has 122 valence electrons. The first-order valence-corrected chi connectivity index (χ1v) is 8.59. The number of carbonyl (C=O) groups excluding carboxylic acids is 1. The first-order chi connectivity index (χ1) is 11.1. The standard InChI is InChI=1S/C17H18Cl2N2O2/c1-2-12-5-3-4-8-21(12)17(22)15-10-16(23-20-15)11-6-7-13(18)14(19)9-11/h6-7,9-10,12H,2-5,8H2,1H3/t12-/m1/s1. The Balaban J connectivity index is 1.83. The van der Waals surface area contributed by atoms with Crippen molar-refractivity contribution in [1.29, 1.82) is 0 Å². The second kappa shape index (κ2) is 6.93. The van der Waals surface area contributed by atoms with Crippen LogP contribution in [-0.4, -0.2) is 28.6 Å². The average molecular weight is 353 g/mol. The molecule has 2 aromatic rings. The van der Waals surface area contributed by atoms with Crippen LogP contribution in [0.25, 0.3) is 11.3 Å². The van der Waals surface area contributed by atoms with Crippen LogP contribution in [-0.2, 0) is 0 Å². The number of halogens is 2. The van der Waals surface area contributed by atoms with Gasteiger partial charge >= 0.3 is 0 Å². The summed E-state index contributed by atoms with van der Waals surface area (Å²) in [5.74, 6) is 0.448. The molecule has 1 fully saturated rings. The van der Waals surface area contributed by atoms with E-state index in [1.807, 2.05) is 4.90 Å². The Morgan fingerprint density at radius 2 is 2.13 bits per heavy atom. The van der Waals surface area contributed by atoms with Gasteiger partial charge in [0.05, 0.1) is 10.0 Å². The summed E-state index contributed by atoms with van der Waals surface area (Å²) in [5, 5.41) is 4.86. The van der Waals surface area contributed by atoms with E-state index in [1.54, 1.807) is 24.3 Å². The molecule has 2 heterocycles. The maximum absolute atomic E-state index is 12.7. The average Bonchev–Trinajstić information content (AvgIpc) is 3.06. The van der Waals surface area contributed by atoms with E-state index in [4.69, 9.17) is 27.7 Å². The number of benzene rings is 1. The van der Waals surface area contributed by atoms with Crippen molar-refractivity contribution in [1.82, 2.24) is 10.1 Å². The second-order valence-corrected chi connectivity index (χ2v) is 6.58. The lowest BCUT2D eigenvalue weighted by Gasteiger charge is -2.34. The highest BCUT2D eigenvalue weighted by Gasteiger charge is 2.28.